The highest BCUT2D eigenvalue weighted by atomic mass is 35.5. The van der Waals surface area contributed by atoms with Gasteiger partial charge in [-0.05, 0) is 43.0 Å². The molecule has 0 saturated heterocycles. The maximum Gasteiger partial charge on any atom is 0.121 e. The van der Waals surface area contributed by atoms with E-state index in [2.05, 4.69) is 11.4 Å². The van der Waals surface area contributed by atoms with Crippen molar-refractivity contribution in [2.24, 2.45) is 5.92 Å². The second kappa shape index (κ2) is 4.65. The molecule has 0 aromatic heterocycles. The molecule has 0 radical (unpaired) electrons. The van der Waals surface area contributed by atoms with Gasteiger partial charge in [-0.2, -0.15) is 5.26 Å². The summed E-state index contributed by atoms with van der Waals surface area (Å²) < 4.78 is 0. The fourth-order valence-electron chi connectivity index (χ4n) is 1.53. The van der Waals surface area contributed by atoms with Crippen LogP contribution in [0.4, 0.5) is 0 Å². The third-order valence-corrected chi connectivity index (χ3v) is 2.85. The van der Waals surface area contributed by atoms with Crippen molar-refractivity contribution in [2.45, 2.75) is 18.9 Å². The van der Waals surface area contributed by atoms with Crippen molar-refractivity contribution >= 4 is 11.6 Å². The molecule has 3 heteroatoms. The molecule has 1 N–H and O–H groups in total. The third kappa shape index (κ3) is 2.95. The van der Waals surface area contributed by atoms with E-state index < -0.39 is 0 Å². The minimum atomic E-state index is -0.232. The summed E-state index contributed by atoms with van der Waals surface area (Å²) in [5.41, 5.74) is 0.950. The van der Waals surface area contributed by atoms with E-state index in [1.165, 1.54) is 12.8 Å². The number of nitrogens with one attached hydrogen (secondary N) is 1. The number of hydrogen-bond donors (Lipinski definition) is 1. The molecule has 1 aromatic rings. The second-order valence-electron chi connectivity index (χ2n) is 3.97. The summed E-state index contributed by atoms with van der Waals surface area (Å²) in [7, 11) is 0. The Morgan fingerprint density at radius 3 is 2.93 bits per heavy atom. The Morgan fingerprint density at radius 2 is 2.33 bits per heavy atom. The first-order valence-electron chi connectivity index (χ1n) is 5.18. The van der Waals surface area contributed by atoms with Gasteiger partial charge in [-0.1, -0.05) is 23.7 Å². The van der Waals surface area contributed by atoms with Gasteiger partial charge in [0, 0.05) is 5.02 Å². The lowest BCUT2D eigenvalue weighted by Gasteiger charge is -2.11. The quantitative estimate of drug-likeness (QED) is 0.847. The van der Waals surface area contributed by atoms with Gasteiger partial charge in [-0.15, -0.1) is 0 Å². The van der Waals surface area contributed by atoms with Crippen molar-refractivity contribution in [2.75, 3.05) is 6.54 Å². The SMILES string of the molecule is N#CC(NCC1CC1)c1cccc(Cl)c1. The number of nitriles is 1. The maximum atomic E-state index is 9.05. The molecule has 78 valence electrons. The number of benzene rings is 1. The molecular formula is C12H13ClN2. The van der Waals surface area contributed by atoms with Crippen LogP contribution >= 0.6 is 11.6 Å². The standard InChI is InChI=1S/C12H13ClN2/c13-11-3-1-2-10(6-11)12(7-14)15-8-9-4-5-9/h1-3,6,9,12,15H,4-5,8H2. The third-order valence-electron chi connectivity index (χ3n) is 2.62. The van der Waals surface area contributed by atoms with Crippen molar-refractivity contribution in [3.63, 3.8) is 0 Å². The molecule has 0 heterocycles. The molecule has 15 heavy (non-hydrogen) atoms. The summed E-state index contributed by atoms with van der Waals surface area (Å²) in [5.74, 6) is 0.778. The van der Waals surface area contributed by atoms with Crippen LogP contribution in [0.25, 0.3) is 0 Å². The number of hydrogen-bond acceptors (Lipinski definition) is 2. The van der Waals surface area contributed by atoms with Crippen LogP contribution in [0, 0.1) is 17.2 Å². The Balaban J connectivity index is 2.01. The Bertz CT molecular complexity index is 379. The summed E-state index contributed by atoms with van der Waals surface area (Å²) in [4.78, 5) is 0. The highest BCUT2D eigenvalue weighted by Crippen LogP contribution is 2.28. The van der Waals surface area contributed by atoms with Crippen LogP contribution in [0.3, 0.4) is 0 Å². The van der Waals surface area contributed by atoms with Crippen LogP contribution in [0.1, 0.15) is 24.4 Å². The van der Waals surface area contributed by atoms with Gasteiger partial charge < -0.3 is 0 Å². The number of nitrogens with zero attached hydrogens (tertiary/aromatic N) is 1. The van der Waals surface area contributed by atoms with Gasteiger partial charge in [0.2, 0.25) is 0 Å². The van der Waals surface area contributed by atoms with Crippen LogP contribution in [0.5, 0.6) is 0 Å². The fraction of sp³-hybridized carbons (Fsp3) is 0.417. The van der Waals surface area contributed by atoms with E-state index in [-0.39, 0.29) is 6.04 Å². The molecule has 1 aromatic carbocycles. The van der Waals surface area contributed by atoms with Crippen LogP contribution in [-0.4, -0.2) is 6.54 Å². The highest BCUT2D eigenvalue weighted by Gasteiger charge is 2.22. The molecule has 0 spiro atoms. The van der Waals surface area contributed by atoms with Crippen LogP contribution in [0.2, 0.25) is 5.02 Å². The van der Waals surface area contributed by atoms with Gasteiger partial charge in [-0.3, -0.25) is 5.32 Å². The molecule has 1 aliphatic carbocycles. The maximum absolute atomic E-state index is 9.05. The molecule has 1 aliphatic rings. The molecule has 0 aliphatic heterocycles. The summed E-state index contributed by atoms with van der Waals surface area (Å²) in [6.07, 6.45) is 2.58. The minimum absolute atomic E-state index is 0.232. The van der Waals surface area contributed by atoms with Gasteiger partial charge in [0.05, 0.1) is 6.07 Å². The predicted molar refractivity (Wildman–Crippen MR) is 60.5 cm³/mol. The monoisotopic (exact) mass is 220 g/mol. The zero-order valence-corrected chi connectivity index (χ0v) is 9.17. The predicted octanol–water partition coefficient (Wildman–Crippen LogP) is 2.90. The van der Waals surface area contributed by atoms with E-state index in [0.29, 0.717) is 5.02 Å². The Morgan fingerprint density at radius 1 is 1.53 bits per heavy atom. The van der Waals surface area contributed by atoms with Gasteiger partial charge in [0.25, 0.3) is 0 Å². The first kappa shape index (κ1) is 10.5. The van der Waals surface area contributed by atoms with E-state index in [1.807, 2.05) is 24.3 Å². The number of halogens is 1. The molecule has 1 atom stereocenters. The normalized spacial score (nSPS) is 17.1. The van der Waals surface area contributed by atoms with Crippen molar-refractivity contribution in [3.8, 4) is 6.07 Å². The van der Waals surface area contributed by atoms with Crippen molar-refractivity contribution in [3.05, 3.63) is 34.9 Å². The van der Waals surface area contributed by atoms with Crippen LogP contribution < -0.4 is 5.32 Å². The van der Waals surface area contributed by atoms with E-state index in [9.17, 15) is 0 Å². The first-order valence-corrected chi connectivity index (χ1v) is 5.56. The summed E-state index contributed by atoms with van der Waals surface area (Å²) in [5, 5.41) is 13.0. The Hall–Kier alpha value is -1.04. The smallest absolute Gasteiger partial charge is 0.121 e. The average molecular weight is 221 g/mol. The molecule has 0 bridgehead atoms. The van der Waals surface area contributed by atoms with Gasteiger partial charge in [0.15, 0.2) is 0 Å². The molecule has 1 fully saturated rings. The molecular weight excluding hydrogens is 208 g/mol. The van der Waals surface area contributed by atoms with Crippen LogP contribution in [-0.2, 0) is 0 Å². The minimum Gasteiger partial charge on any atom is -0.298 e. The summed E-state index contributed by atoms with van der Waals surface area (Å²) in [6, 6.07) is 9.50. The van der Waals surface area contributed by atoms with Crippen molar-refractivity contribution in [1.29, 1.82) is 5.26 Å². The lowest BCUT2D eigenvalue weighted by atomic mass is 10.1. The topological polar surface area (TPSA) is 35.8 Å². The van der Waals surface area contributed by atoms with Gasteiger partial charge in [-0.25, -0.2) is 0 Å². The summed E-state index contributed by atoms with van der Waals surface area (Å²) >= 11 is 5.88. The number of rotatable bonds is 4. The van der Waals surface area contributed by atoms with E-state index in [1.54, 1.807) is 0 Å². The largest absolute Gasteiger partial charge is 0.298 e. The molecule has 1 unspecified atom stereocenters. The fourth-order valence-corrected chi connectivity index (χ4v) is 1.73. The Labute approximate surface area is 94.9 Å². The lowest BCUT2D eigenvalue weighted by molar-refractivity contribution is 0.593. The van der Waals surface area contributed by atoms with Crippen molar-refractivity contribution in [1.82, 2.24) is 5.32 Å². The molecule has 1 saturated carbocycles. The zero-order valence-electron chi connectivity index (χ0n) is 8.41. The lowest BCUT2D eigenvalue weighted by Crippen LogP contribution is -2.22. The first-order chi connectivity index (χ1) is 7.29. The van der Waals surface area contributed by atoms with E-state index in [0.717, 1.165) is 18.0 Å². The highest BCUT2D eigenvalue weighted by molar-refractivity contribution is 6.30. The Kier molecular flexibility index (Phi) is 3.25. The van der Waals surface area contributed by atoms with Gasteiger partial charge >= 0.3 is 0 Å². The molecule has 0 amide bonds. The molecule has 2 rings (SSSR count). The van der Waals surface area contributed by atoms with Gasteiger partial charge in [0.1, 0.15) is 6.04 Å². The van der Waals surface area contributed by atoms with Crippen molar-refractivity contribution < 1.29 is 0 Å². The average Bonchev–Trinajstić information content (AvgIpc) is 3.03. The van der Waals surface area contributed by atoms with E-state index in [4.69, 9.17) is 16.9 Å². The van der Waals surface area contributed by atoms with Crippen LogP contribution in [0.15, 0.2) is 24.3 Å². The zero-order chi connectivity index (χ0) is 10.7. The molecule has 2 nitrogen and oxygen atoms in total. The van der Waals surface area contributed by atoms with E-state index >= 15 is 0 Å². The second-order valence-corrected chi connectivity index (χ2v) is 4.41. The summed E-state index contributed by atoms with van der Waals surface area (Å²) in [6.45, 7) is 0.935.